The highest BCUT2D eigenvalue weighted by Gasteiger charge is 2.24. The molecule has 2 heterocycles. The number of rotatable bonds is 5. The summed E-state index contributed by atoms with van der Waals surface area (Å²) in [6.07, 6.45) is 0. The van der Waals surface area contributed by atoms with Crippen molar-refractivity contribution in [1.82, 2.24) is 9.88 Å². The molecule has 1 aromatic heterocycles. The number of carbonyl (C=O) groups is 2. The molecule has 3 aromatic rings. The van der Waals surface area contributed by atoms with E-state index >= 15 is 0 Å². The molecule has 0 saturated carbocycles. The SMILES string of the molecule is COc1ccccc1N1CCN(C(=O)COC(=O)c2cc3ccccc3[nH]2)CC1. The highest BCUT2D eigenvalue weighted by molar-refractivity contribution is 5.95. The number of H-pyrrole nitrogens is 1. The van der Waals surface area contributed by atoms with Gasteiger partial charge in [-0.05, 0) is 24.3 Å². The van der Waals surface area contributed by atoms with Gasteiger partial charge in [0.1, 0.15) is 11.4 Å². The van der Waals surface area contributed by atoms with E-state index in [1.807, 2.05) is 48.5 Å². The van der Waals surface area contributed by atoms with Crippen molar-refractivity contribution in [2.24, 2.45) is 0 Å². The van der Waals surface area contributed by atoms with Gasteiger partial charge in [-0.2, -0.15) is 0 Å². The van der Waals surface area contributed by atoms with E-state index in [1.54, 1.807) is 18.1 Å². The number of nitrogens with zero attached hydrogens (tertiary/aromatic N) is 2. The number of methoxy groups -OCH3 is 1. The van der Waals surface area contributed by atoms with Gasteiger partial charge < -0.3 is 24.3 Å². The standard InChI is InChI=1S/C22H23N3O4/c1-28-20-9-5-4-8-19(20)24-10-12-25(13-11-24)21(26)15-29-22(27)18-14-16-6-2-3-7-17(16)23-18/h2-9,14,23H,10-13,15H2,1H3. The summed E-state index contributed by atoms with van der Waals surface area (Å²) >= 11 is 0. The molecule has 1 amide bonds. The van der Waals surface area contributed by atoms with E-state index in [-0.39, 0.29) is 12.5 Å². The third-order valence-corrected chi connectivity index (χ3v) is 5.13. The van der Waals surface area contributed by atoms with Crippen LogP contribution in [0.5, 0.6) is 5.75 Å². The number of nitrogens with one attached hydrogen (secondary N) is 1. The van der Waals surface area contributed by atoms with Gasteiger partial charge in [0.25, 0.3) is 5.91 Å². The largest absolute Gasteiger partial charge is 0.495 e. The minimum Gasteiger partial charge on any atom is -0.495 e. The van der Waals surface area contributed by atoms with Crippen molar-refractivity contribution in [1.29, 1.82) is 0 Å². The quantitative estimate of drug-likeness (QED) is 0.675. The summed E-state index contributed by atoms with van der Waals surface area (Å²) < 4.78 is 10.6. The van der Waals surface area contributed by atoms with Crippen LogP contribution < -0.4 is 9.64 Å². The van der Waals surface area contributed by atoms with Gasteiger partial charge in [0.2, 0.25) is 0 Å². The van der Waals surface area contributed by atoms with Gasteiger partial charge in [0, 0.05) is 37.1 Å². The van der Waals surface area contributed by atoms with Gasteiger partial charge in [0.15, 0.2) is 6.61 Å². The Kier molecular flexibility index (Phi) is 5.37. The fourth-order valence-corrected chi connectivity index (χ4v) is 3.57. The molecule has 0 radical (unpaired) electrons. The Morgan fingerprint density at radius 2 is 1.72 bits per heavy atom. The number of hydrogen-bond donors (Lipinski definition) is 1. The molecular weight excluding hydrogens is 370 g/mol. The molecule has 0 unspecified atom stereocenters. The second-order valence-electron chi connectivity index (χ2n) is 6.89. The fourth-order valence-electron chi connectivity index (χ4n) is 3.57. The van der Waals surface area contributed by atoms with Crippen LogP contribution in [0.4, 0.5) is 5.69 Å². The van der Waals surface area contributed by atoms with Crippen molar-refractivity contribution in [2.45, 2.75) is 0 Å². The zero-order valence-corrected chi connectivity index (χ0v) is 16.3. The topological polar surface area (TPSA) is 74.9 Å². The van der Waals surface area contributed by atoms with Crippen LogP contribution in [-0.4, -0.2) is 61.7 Å². The highest BCUT2D eigenvalue weighted by atomic mass is 16.5. The normalized spacial score (nSPS) is 14.1. The molecule has 0 spiro atoms. The van der Waals surface area contributed by atoms with Crippen LogP contribution in [0.1, 0.15) is 10.5 Å². The lowest BCUT2D eigenvalue weighted by Gasteiger charge is -2.36. The van der Waals surface area contributed by atoms with Crippen molar-refractivity contribution in [3.05, 3.63) is 60.3 Å². The van der Waals surface area contributed by atoms with Crippen molar-refractivity contribution in [2.75, 3.05) is 44.8 Å². The van der Waals surface area contributed by atoms with E-state index in [0.29, 0.717) is 31.9 Å². The zero-order chi connectivity index (χ0) is 20.2. The molecule has 2 aromatic carbocycles. The minimum absolute atomic E-state index is 0.186. The molecule has 0 bridgehead atoms. The van der Waals surface area contributed by atoms with Crippen LogP contribution in [0.3, 0.4) is 0 Å². The number of carbonyl (C=O) groups excluding carboxylic acids is 2. The molecule has 1 N–H and O–H groups in total. The molecule has 1 aliphatic rings. The number of ether oxygens (including phenoxy) is 2. The summed E-state index contributed by atoms with van der Waals surface area (Å²) in [6.45, 7) is 2.27. The fraction of sp³-hybridized carbons (Fsp3) is 0.273. The molecule has 29 heavy (non-hydrogen) atoms. The molecule has 150 valence electrons. The Hall–Kier alpha value is -3.48. The van der Waals surface area contributed by atoms with E-state index in [4.69, 9.17) is 9.47 Å². The monoisotopic (exact) mass is 393 g/mol. The van der Waals surface area contributed by atoms with E-state index in [1.165, 1.54) is 0 Å². The van der Waals surface area contributed by atoms with Crippen LogP contribution in [0.2, 0.25) is 0 Å². The number of benzene rings is 2. The summed E-state index contributed by atoms with van der Waals surface area (Å²) in [4.78, 5) is 31.7. The summed E-state index contributed by atoms with van der Waals surface area (Å²) in [5, 5.41) is 0.929. The summed E-state index contributed by atoms with van der Waals surface area (Å²) in [5.74, 6) is 0.107. The number of para-hydroxylation sites is 3. The molecule has 0 atom stereocenters. The second-order valence-corrected chi connectivity index (χ2v) is 6.89. The van der Waals surface area contributed by atoms with Crippen molar-refractivity contribution in [3.63, 3.8) is 0 Å². The first-order valence-electron chi connectivity index (χ1n) is 9.56. The maximum Gasteiger partial charge on any atom is 0.355 e. The Balaban J connectivity index is 1.30. The van der Waals surface area contributed by atoms with Gasteiger partial charge in [-0.3, -0.25) is 4.79 Å². The maximum atomic E-state index is 12.5. The first-order valence-corrected chi connectivity index (χ1v) is 9.56. The second kappa shape index (κ2) is 8.26. The van der Waals surface area contributed by atoms with Gasteiger partial charge in [-0.15, -0.1) is 0 Å². The number of piperazine rings is 1. The number of aromatic amines is 1. The van der Waals surface area contributed by atoms with Crippen LogP contribution in [0, 0.1) is 0 Å². The molecule has 4 rings (SSSR count). The van der Waals surface area contributed by atoms with Crippen molar-refractivity contribution < 1.29 is 19.1 Å². The van der Waals surface area contributed by atoms with Crippen LogP contribution in [-0.2, 0) is 9.53 Å². The molecule has 1 saturated heterocycles. The number of aromatic nitrogens is 1. The Morgan fingerprint density at radius 1 is 1.00 bits per heavy atom. The molecule has 7 nitrogen and oxygen atoms in total. The van der Waals surface area contributed by atoms with E-state index < -0.39 is 5.97 Å². The first kappa shape index (κ1) is 18.9. The van der Waals surface area contributed by atoms with E-state index in [0.717, 1.165) is 22.3 Å². The average molecular weight is 393 g/mol. The van der Waals surface area contributed by atoms with Gasteiger partial charge in [-0.25, -0.2) is 4.79 Å². The highest BCUT2D eigenvalue weighted by Crippen LogP contribution is 2.28. The zero-order valence-electron chi connectivity index (χ0n) is 16.3. The van der Waals surface area contributed by atoms with Crippen LogP contribution >= 0.6 is 0 Å². The van der Waals surface area contributed by atoms with Gasteiger partial charge in [-0.1, -0.05) is 30.3 Å². The first-order chi connectivity index (χ1) is 14.2. The lowest BCUT2D eigenvalue weighted by molar-refractivity contribution is -0.134. The summed E-state index contributed by atoms with van der Waals surface area (Å²) in [5.41, 5.74) is 2.23. The molecular formula is C22H23N3O4. The van der Waals surface area contributed by atoms with Crippen LogP contribution in [0.25, 0.3) is 10.9 Å². The van der Waals surface area contributed by atoms with Crippen molar-refractivity contribution >= 4 is 28.5 Å². The van der Waals surface area contributed by atoms with Crippen LogP contribution in [0.15, 0.2) is 54.6 Å². The Morgan fingerprint density at radius 3 is 2.48 bits per heavy atom. The lowest BCUT2D eigenvalue weighted by Crippen LogP contribution is -2.50. The lowest BCUT2D eigenvalue weighted by atomic mass is 10.2. The van der Waals surface area contributed by atoms with E-state index in [9.17, 15) is 9.59 Å². The average Bonchev–Trinajstić information content (AvgIpc) is 3.22. The Labute approximate surface area is 168 Å². The van der Waals surface area contributed by atoms with Gasteiger partial charge >= 0.3 is 5.97 Å². The number of amides is 1. The molecule has 7 heteroatoms. The smallest absolute Gasteiger partial charge is 0.355 e. The number of hydrogen-bond acceptors (Lipinski definition) is 5. The predicted molar refractivity (Wildman–Crippen MR) is 110 cm³/mol. The number of anilines is 1. The summed E-state index contributed by atoms with van der Waals surface area (Å²) in [7, 11) is 1.65. The summed E-state index contributed by atoms with van der Waals surface area (Å²) in [6, 6.07) is 17.2. The Bertz CT molecular complexity index is 989. The van der Waals surface area contributed by atoms with E-state index in [2.05, 4.69) is 9.88 Å². The maximum absolute atomic E-state index is 12.5. The van der Waals surface area contributed by atoms with Crippen molar-refractivity contribution in [3.8, 4) is 5.75 Å². The number of fused-ring (bicyclic) bond motifs is 1. The minimum atomic E-state index is -0.526. The third kappa shape index (κ3) is 4.03. The molecule has 1 aliphatic heterocycles. The van der Waals surface area contributed by atoms with Gasteiger partial charge in [0.05, 0.1) is 12.8 Å². The number of esters is 1. The predicted octanol–water partition coefficient (Wildman–Crippen LogP) is 2.68. The molecule has 0 aliphatic carbocycles. The third-order valence-electron chi connectivity index (χ3n) is 5.13. The molecule has 1 fully saturated rings.